The third-order valence-electron chi connectivity index (χ3n) is 4.20. The van der Waals surface area contributed by atoms with E-state index in [9.17, 15) is 9.59 Å². The molecule has 30 heavy (non-hydrogen) atoms. The van der Waals surface area contributed by atoms with E-state index in [1.807, 2.05) is 45.0 Å². The van der Waals surface area contributed by atoms with Crippen LogP contribution < -0.4 is 20.1 Å². The van der Waals surface area contributed by atoms with Gasteiger partial charge >= 0.3 is 0 Å². The number of carbonyl (C=O) groups is 2. The lowest BCUT2D eigenvalue weighted by molar-refractivity contribution is -0.116. The minimum atomic E-state index is -0.286. The van der Waals surface area contributed by atoms with Crippen LogP contribution >= 0.6 is 11.6 Å². The molecular formula is C23H29ClN2O4. The second-order valence-electron chi connectivity index (χ2n) is 7.37. The van der Waals surface area contributed by atoms with Crippen LogP contribution in [0.1, 0.15) is 49.5 Å². The normalized spacial score (nSPS) is 10.6. The lowest BCUT2D eigenvalue weighted by atomic mass is 10.1. The number of anilines is 1. The molecule has 2 amide bonds. The van der Waals surface area contributed by atoms with Gasteiger partial charge in [0, 0.05) is 24.2 Å². The molecule has 0 aliphatic carbocycles. The molecule has 162 valence electrons. The Morgan fingerprint density at radius 2 is 1.93 bits per heavy atom. The van der Waals surface area contributed by atoms with Gasteiger partial charge in [0.2, 0.25) is 5.91 Å². The highest BCUT2D eigenvalue weighted by molar-refractivity contribution is 6.32. The number of hydrogen-bond acceptors (Lipinski definition) is 4. The van der Waals surface area contributed by atoms with E-state index in [0.29, 0.717) is 47.3 Å². The van der Waals surface area contributed by atoms with Gasteiger partial charge in [-0.3, -0.25) is 9.59 Å². The summed E-state index contributed by atoms with van der Waals surface area (Å²) in [5, 5.41) is 6.06. The van der Waals surface area contributed by atoms with E-state index in [0.717, 1.165) is 12.0 Å². The number of halogens is 1. The van der Waals surface area contributed by atoms with Gasteiger partial charge in [0.15, 0.2) is 11.5 Å². The summed E-state index contributed by atoms with van der Waals surface area (Å²) in [6, 6.07) is 10.6. The van der Waals surface area contributed by atoms with Gasteiger partial charge in [0.1, 0.15) is 0 Å². The minimum Gasteiger partial charge on any atom is -0.493 e. The van der Waals surface area contributed by atoms with Crippen LogP contribution in [-0.2, 0) is 11.3 Å². The first-order valence-electron chi connectivity index (χ1n) is 10.0. The van der Waals surface area contributed by atoms with Gasteiger partial charge in [-0.15, -0.1) is 0 Å². The molecule has 2 aromatic rings. The average molecular weight is 433 g/mol. The van der Waals surface area contributed by atoms with Crippen LogP contribution in [-0.4, -0.2) is 25.5 Å². The number of nitrogens with one attached hydrogen (secondary N) is 2. The highest BCUT2D eigenvalue weighted by Crippen LogP contribution is 2.36. The lowest BCUT2D eigenvalue weighted by Gasteiger charge is -2.14. The molecule has 0 aliphatic rings. The van der Waals surface area contributed by atoms with Crippen molar-refractivity contribution in [2.45, 2.75) is 40.2 Å². The first-order chi connectivity index (χ1) is 14.3. The van der Waals surface area contributed by atoms with E-state index < -0.39 is 0 Å². The maximum Gasteiger partial charge on any atom is 0.251 e. The fourth-order valence-electron chi connectivity index (χ4n) is 2.82. The topological polar surface area (TPSA) is 76.7 Å². The first kappa shape index (κ1) is 23.5. The van der Waals surface area contributed by atoms with Crippen LogP contribution in [0.5, 0.6) is 11.5 Å². The van der Waals surface area contributed by atoms with Crippen LogP contribution in [0, 0.1) is 5.92 Å². The van der Waals surface area contributed by atoms with Crippen molar-refractivity contribution < 1.29 is 19.1 Å². The maximum absolute atomic E-state index is 12.6. The average Bonchev–Trinajstić information content (AvgIpc) is 2.70. The summed E-state index contributed by atoms with van der Waals surface area (Å²) < 4.78 is 10.9. The van der Waals surface area contributed by atoms with Crippen LogP contribution in [0.25, 0.3) is 0 Å². The van der Waals surface area contributed by atoms with Crippen LogP contribution in [0.4, 0.5) is 5.69 Å². The molecule has 2 N–H and O–H groups in total. The Hall–Kier alpha value is -2.73. The van der Waals surface area contributed by atoms with Gasteiger partial charge in [0.05, 0.1) is 18.7 Å². The van der Waals surface area contributed by atoms with Crippen molar-refractivity contribution in [3.8, 4) is 11.5 Å². The van der Waals surface area contributed by atoms with Crippen molar-refractivity contribution in [1.29, 1.82) is 0 Å². The summed E-state index contributed by atoms with van der Waals surface area (Å²) in [5.74, 6) is 0.818. The number of methoxy groups -OCH3 is 1. The summed E-state index contributed by atoms with van der Waals surface area (Å²) in [4.78, 5) is 24.6. The third kappa shape index (κ3) is 6.95. The van der Waals surface area contributed by atoms with E-state index >= 15 is 0 Å². The van der Waals surface area contributed by atoms with E-state index in [4.69, 9.17) is 21.1 Å². The number of benzene rings is 2. The van der Waals surface area contributed by atoms with Crippen molar-refractivity contribution in [2.75, 3.05) is 19.0 Å². The highest BCUT2D eigenvalue weighted by atomic mass is 35.5. The smallest absolute Gasteiger partial charge is 0.251 e. The van der Waals surface area contributed by atoms with E-state index in [-0.39, 0.29) is 17.7 Å². The first-order valence-corrected chi connectivity index (χ1v) is 10.4. The lowest BCUT2D eigenvalue weighted by Crippen LogP contribution is -2.23. The maximum atomic E-state index is 12.6. The van der Waals surface area contributed by atoms with E-state index in [1.54, 1.807) is 12.1 Å². The van der Waals surface area contributed by atoms with Gasteiger partial charge in [-0.25, -0.2) is 0 Å². The molecule has 2 rings (SSSR count). The summed E-state index contributed by atoms with van der Waals surface area (Å²) in [6.07, 6.45) is 1.29. The van der Waals surface area contributed by atoms with Gasteiger partial charge in [-0.05, 0) is 42.2 Å². The molecule has 0 unspecified atom stereocenters. The van der Waals surface area contributed by atoms with Crippen LogP contribution in [0.15, 0.2) is 36.4 Å². The molecule has 6 nitrogen and oxygen atoms in total. The van der Waals surface area contributed by atoms with Crippen molar-refractivity contribution in [2.24, 2.45) is 5.92 Å². The van der Waals surface area contributed by atoms with Crippen LogP contribution in [0.3, 0.4) is 0 Å². The zero-order valence-electron chi connectivity index (χ0n) is 17.9. The molecule has 0 aromatic heterocycles. The molecule has 2 aromatic carbocycles. The predicted molar refractivity (Wildman–Crippen MR) is 119 cm³/mol. The Balaban J connectivity index is 2.04. The largest absolute Gasteiger partial charge is 0.493 e. The Morgan fingerprint density at radius 1 is 1.17 bits per heavy atom. The van der Waals surface area contributed by atoms with Gasteiger partial charge < -0.3 is 20.1 Å². The number of amides is 2. The van der Waals surface area contributed by atoms with Crippen molar-refractivity contribution in [3.05, 3.63) is 52.5 Å². The van der Waals surface area contributed by atoms with Crippen molar-refractivity contribution >= 4 is 29.1 Å². The van der Waals surface area contributed by atoms with E-state index in [1.165, 1.54) is 7.11 Å². The molecule has 7 heteroatoms. The van der Waals surface area contributed by atoms with Gasteiger partial charge in [-0.1, -0.05) is 44.5 Å². The SMILES string of the molecule is CCCOc1c(Cl)cc(C(=O)NCc2cccc(NC(=O)CC(C)C)c2)cc1OC. The van der Waals surface area contributed by atoms with Gasteiger partial charge in [-0.2, -0.15) is 0 Å². The highest BCUT2D eigenvalue weighted by Gasteiger charge is 2.16. The zero-order chi connectivity index (χ0) is 22.1. The molecule has 0 atom stereocenters. The van der Waals surface area contributed by atoms with Crippen LogP contribution in [0.2, 0.25) is 5.02 Å². The minimum absolute atomic E-state index is 0.0293. The zero-order valence-corrected chi connectivity index (χ0v) is 18.6. The quantitative estimate of drug-likeness (QED) is 0.550. The summed E-state index contributed by atoms with van der Waals surface area (Å²) in [6.45, 7) is 6.80. The summed E-state index contributed by atoms with van der Waals surface area (Å²) >= 11 is 6.29. The Kier molecular flexibility index (Phi) is 8.99. The molecule has 0 radical (unpaired) electrons. The van der Waals surface area contributed by atoms with Crippen molar-refractivity contribution in [3.63, 3.8) is 0 Å². The molecule has 0 heterocycles. The molecule has 0 bridgehead atoms. The third-order valence-corrected chi connectivity index (χ3v) is 4.48. The number of rotatable bonds is 10. The molecular weight excluding hydrogens is 404 g/mol. The Bertz CT molecular complexity index is 884. The molecule has 0 fully saturated rings. The van der Waals surface area contributed by atoms with E-state index in [2.05, 4.69) is 10.6 Å². The number of hydrogen-bond donors (Lipinski definition) is 2. The standard InChI is InChI=1S/C23H29ClN2O4/c1-5-9-30-22-19(24)12-17(13-20(22)29-4)23(28)25-14-16-7-6-8-18(11-16)26-21(27)10-15(2)3/h6-8,11-13,15H,5,9-10,14H2,1-4H3,(H,25,28)(H,26,27). The Labute approximate surface area is 182 Å². The predicted octanol–water partition coefficient (Wildman–Crippen LogP) is 5.05. The van der Waals surface area contributed by atoms with Gasteiger partial charge in [0.25, 0.3) is 5.91 Å². The number of carbonyl (C=O) groups excluding carboxylic acids is 2. The molecule has 0 spiro atoms. The molecule has 0 saturated heterocycles. The summed E-state index contributed by atoms with van der Waals surface area (Å²) in [5.41, 5.74) is 1.95. The monoisotopic (exact) mass is 432 g/mol. The summed E-state index contributed by atoms with van der Waals surface area (Å²) in [7, 11) is 1.51. The molecule has 0 aliphatic heterocycles. The Morgan fingerprint density at radius 3 is 2.60 bits per heavy atom. The van der Waals surface area contributed by atoms with Crippen molar-refractivity contribution in [1.82, 2.24) is 5.32 Å². The fourth-order valence-corrected chi connectivity index (χ4v) is 3.09. The molecule has 0 saturated carbocycles. The second-order valence-corrected chi connectivity index (χ2v) is 7.77. The second kappa shape index (κ2) is 11.5. The number of ether oxygens (including phenoxy) is 2. The fraction of sp³-hybridized carbons (Fsp3) is 0.391.